The quantitative estimate of drug-likeness (QED) is 0.862. The number of hydrogen-bond donors (Lipinski definition) is 1. The fourth-order valence-corrected chi connectivity index (χ4v) is 1.91. The molecule has 0 aliphatic carbocycles. The third-order valence-electron chi connectivity index (χ3n) is 2.94. The van der Waals surface area contributed by atoms with Gasteiger partial charge >= 0.3 is 0 Å². The first-order chi connectivity index (χ1) is 9.20. The zero-order chi connectivity index (χ0) is 13.7. The van der Waals surface area contributed by atoms with Gasteiger partial charge in [0, 0.05) is 13.1 Å². The predicted octanol–water partition coefficient (Wildman–Crippen LogP) is 1.17. The van der Waals surface area contributed by atoms with E-state index in [1.807, 2.05) is 32.3 Å². The minimum atomic E-state index is -0.323. The predicted molar refractivity (Wildman–Crippen MR) is 72.3 cm³/mol. The highest BCUT2D eigenvalue weighted by molar-refractivity contribution is 5.45. The van der Waals surface area contributed by atoms with Crippen LogP contribution >= 0.6 is 0 Å². The Balaban J connectivity index is 2.04. The number of nitrogens with zero attached hydrogens (tertiary/aromatic N) is 2. The Morgan fingerprint density at radius 2 is 2.05 bits per heavy atom. The summed E-state index contributed by atoms with van der Waals surface area (Å²) >= 11 is 0. The van der Waals surface area contributed by atoms with Gasteiger partial charge in [0.05, 0.1) is 6.07 Å². The molecular weight excluding hydrogens is 242 g/mol. The normalized spacial score (nSPS) is 15.1. The maximum atomic E-state index is 9.25. The Labute approximate surface area is 113 Å². The number of hydrogen-bond acceptors (Lipinski definition) is 5. The first kappa shape index (κ1) is 13.7. The molecule has 0 bridgehead atoms. The van der Waals surface area contributed by atoms with Crippen LogP contribution in [0.5, 0.6) is 11.5 Å². The van der Waals surface area contributed by atoms with Crippen molar-refractivity contribution in [2.45, 2.75) is 6.04 Å². The van der Waals surface area contributed by atoms with Crippen LogP contribution in [0.15, 0.2) is 18.2 Å². The first-order valence-electron chi connectivity index (χ1n) is 6.38. The van der Waals surface area contributed by atoms with Crippen LogP contribution in [-0.2, 0) is 0 Å². The lowest BCUT2D eigenvalue weighted by molar-refractivity contribution is 0.171. The summed E-state index contributed by atoms with van der Waals surface area (Å²) in [4.78, 5) is 2.07. The van der Waals surface area contributed by atoms with Crippen LogP contribution in [0.4, 0.5) is 0 Å². The number of likely N-dealkylation sites (N-methyl/N-ethyl adjacent to an activating group) is 1. The van der Waals surface area contributed by atoms with E-state index >= 15 is 0 Å². The molecule has 1 aromatic rings. The number of fused-ring (bicyclic) bond motifs is 1. The van der Waals surface area contributed by atoms with Gasteiger partial charge in [0.2, 0.25) is 0 Å². The standard InChI is InChI=1S/C14H19N3O2/c1-17(2)6-5-16-12(10-15)11-3-4-13-14(9-11)19-8-7-18-13/h3-4,9,12,16H,5-8H2,1-2H3. The van der Waals surface area contributed by atoms with E-state index < -0.39 is 0 Å². The number of ether oxygens (including phenoxy) is 2. The summed E-state index contributed by atoms with van der Waals surface area (Å²) in [5, 5.41) is 12.5. The van der Waals surface area contributed by atoms with Gasteiger partial charge in [-0.15, -0.1) is 0 Å². The molecule has 1 aromatic carbocycles. The van der Waals surface area contributed by atoms with Gasteiger partial charge in [-0.1, -0.05) is 6.07 Å². The van der Waals surface area contributed by atoms with Crippen molar-refractivity contribution in [3.05, 3.63) is 23.8 Å². The number of nitriles is 1. The molecule has 0 saturated heterocycles. The minimum Gasteiger partial charge on any atom is -0.486 e. The highest BCUT2D eigenvalue weighted by Crippen LogP contribution is 2.32. The van der Waals surface area contributed by atoms with Crippen molar-refractivity contribution < 1.29 is 9.47 Å². The van der Waals surface area contributed by atoms with Gasteiger partial charge in [0.15, 0.2) is 11.5 Å². The van der Waals surface area contributed by atoms with Crippen molar-refractivity contribution in [3.8, 4) is 17.6 Å². The average Bonchev–Trinajstić information content (AvgIpc) is 2.43. The van der Waals surface area contributed by atoms with Gasteiger partial charge < -0.3 is 14.4 Å². The Bertz CT molecular complexity index is 468. The molecule has 1 atom stereocenters. The summed E-state index contributed by atoms with van der Waals surface area (Å²) in [6, 6.07) is 7.60. The van der Waals surface area contributed by atoms with Gasteiger partial charge in [-0.25, -0.2) is 0 Å². The molecule has 0 radical (unpaired) electrons. The van der Waals surface area contributed by atoms with E-state index in [4.69, 9.17) is 9.47 Å². The van der Waals surface area contributed by atoms with Crippen LogP contribution in [0.1, 0.15) is 11.6 Å². The van der Waals surface area contributed by atoms with E-state index in [0.717, 1.165) is 30.2 Å². The molecule has 0 saturated carbocycles. The summed E-state index contributed by atoms with van der Waals surface area (Å²) in [6.07, 6.45) is 0. The molecule has 0 spiro atoms. The number of benzene rings is 1. The van der Waals surface area contributed by atoms with Gasteiger partial charge in [0.1, 0.15) is 19.3 Å². The fourth-order valence-electron chi connectivity index (χ4n) is 1.91. The van der Waals surface area contributed by atoms with Gasteiger partial charge in [-0.2, -0.15) is 5.26 Å². The van der Waals surface area contributed by atoms with Crippen LogP contribution in [0.2, 0.25) is 0 Å². The second kappa shape index (κ2) is 6.41. The van der Waals surface area contributed by atoms with Crippen LogP contribution in [0, 0.1) is 11.3 Å². The zero-order valence-corrected chi connectivity index (χ0v) is 11.3. The lowest BCUT2D eigenvalue weighted by Crippen LogP contribution is -2.29. The summed E-state index contributed by atoms with van der Waals surface area (Å²) in [5.74, 6) is 1.47. The zero-order valence-electron chi connectivity index (χ0n) is 11.3. The third kappa shape index (κ3) is 3.60. The van der Waals surface area contributed by atoms with E-state index in [1.165, 1.54) is 0 Å². The van der Waals surface area contributed by atoms with E-state index in [2.05, 4.69) is 16.3 Å². The Morgan fingerprint density at radius 3 is 2.74 bits per heavy atom. The molecule has 1 unspecified atom stereocenters. The highest BCUT2D eigenvalue weighted by atomic mass is 16.6. The molecule has 1 N–H and O–H groups in total. The van der Waals surface area contributed by atoms with Crippen molar-refractivity contribution in [1.29, 1.82) is 5.26 Å². The molecule has 19 heavy (non-hydrogen) atoms. The van der Waals surface area contributed by atoms with Gasteiger partial charge in [-0.05, 0) is 31.8 Å². The lowest BCUT2D eigenvalue weighted by atomic mass is 10.1. The van der Waals surface area contributed by atoms with E-state index in [-0.39, 0.29) is 6.04 Å². The molecule has 2 rings (SSSR count). The molecule has 5 heteroatoms. The lowest BCUT2D eigenvalue weighted by Gasteiger charge is -2.20. The molecule has 0 aromatic heterocycles. The smallest absolute Gasteiger partial charge is 0.161 e. The maximum Gasteiger partial charge on any atom is 0.161 e. The topological polar surface area (TPSA) is 57.5 Å². The molecule has 102 valence electrons. The third-order valence-corrected chi connectivity index (χ3v) is 2.94. The van der Waals surface area contributed by atoms with Crippen LogP contribution in [-0.4, -0.2) is 45.3 Å². The average molecular weight is 261 g/mol. The van der Waals surface area contributed by atoms with Crippen molar-refractivity contribution in [2.24, 2.45) is 0 Å². The first-order valence-corrected chi connectivity index (χ1v) is 6.38. The summed E-state index contributed by atoms with van der Waals surface area (Å²) < 4.78 is 11.0. The molecule has 1 aliphatic rings. The highest BCUT2D eigenvalue weighted by Gasteiger charge is 2.16. The Kier molecular flexibility index (Phi) is 4.61. The largest absolute Gasteiger partial charge is 0.486 e. The van der Waals surface area contributed by atoms with Crippen molar-refractivity contribution >= 4 is 0 Å². The Hall–Kier alpha value is -1.77. The maximum absolute atomic E-state index is 9.25. The van der Waals surface area contributed by atoms with E-state index in [9.17, 15) is 5.26 Å². The second-order valence-corrected chi connectivity index (χ2v) is 4.72. The Morgan fingerprint density at radius 1 is 1.32 bits per heavy atom. The fraction of sp³-hybridized carbons (Fsp3) is 0.500. The van der Waals surface area contributed by atoms with Crippen molar-refractivity contribution in [3.63, 3.8) is 0 Å². The van der Waals surface area contributed by atoms with Gasteiger partial charge in [-0.3, -0.25) is 5.32 Å². The summed E-state index contributed by atoms with van der Waals surface area (Å²) in [6.45, 7) is 2.79. The molecule has 0 fully saturated rings. The monoisotopic (exact) mass is 261 g/mol. The number of rotatable bonds is 5. The van der Waals surface area contributed by atoms with Gasteiger partial charge in [0.25, 0.3) is 0 Å². The molecule has 0 amide bonds. The minimum absolute atomic E-state index is 0.323. The molecule has 1 heterocycles. The van der Waals surface area contributed by atoms with Crippen molar-refractivity contribution in [1.82, 2.24) is 10.2 Å². The van der Waals surface area contributed by atoms with Crippen LogP contribution < -0.4 is 14.8 Å². The molecule has 1 aliphatic heterocycles. The summed E-state index contributed by atoms with van der Waals surface area (Å²) in [5.41, 5.74) is 0.908. The van der Waals surface area contributed by atoms with Crippen LogP contribution in [0.3, 0.4) is 0 Å². The summed E-state index contributed by atoms with van der Waals surface area (Å²) in [7, 11) is 4.01. The SMILES string of the molecule is CN(C)CCNC(C#N)c1ccc2c(c1)OCCO2. The number of nitrogens with one attached hydrogen (secondary N) is 1. The van der Waals surface area contributed by atoms with Crippen LogP contribution in [0.25, 0.3) is 0 Å². The van der Waals surface area contributed by atoms with Crippen molar-refractivity contribution in [2.75, 3.05) is 40.4 Å². The molecular formula is C14H19N3O2. The van der Waals surface area contributed by atoms with E-state index in [1.54, 1.807) is 0 Å². The van der Waals surface area contributed by atoms with E-state index in [0.29, 0.717) is 13.2 Å². The molecule has 5 nitrogen and oxygen atoms in total. The second-order valence-electron chi connectivity index (χ2n) is 4.72.